The van der Waals surface area contributed by atoms with Crippen molar-refractivity contribution in [2.75, 3.05) is 7.11 Å². The van der Waals surface area contributed by atoms with Gasteiger partial charge in [0.1, 0.15) is 5.75 Å². The summed E-state index contributed by atoms with van der Waals surface area (Å²) in [4.78, 5) is 21.9. The number of hydrogen-bond donors (Lipinski definition) is 0. The van der Waals surface area contributed by atoms with Gasteiger partial charge < -0.3 is 4.74 Å². The van der Waals surface area contributed by atoms with Crippen LogP contribution in [-0.2, 0) is 6.18 Å². The molecular weight excluding hydrogens is 237 g/mol. The maximum absolute atomic E-state index is 12.7. The van der Waals surface area contributed by atoms with Crippen molar-refractivity contribution < 1.29 is 27.5 Å². The van der Waals surface area contributed by atoms with Crippen LogP contribution in [0.15, 0.2) is 12.1 Å². The Hall–Kier alpha value is -1.85. The Labute approximate surface area is 95.2 Å². The summed E-state index contributed by atoms with van der Waals surface area (Å²) in [5, 5.41) is 0. The Morgan fingerprint density at radius 1 is 1.35 bits per heavy atom. The lowest BCUT2D eigenvalue weighted by Gasteiger charge is -2.13. The highest BCUT2D eigenvalue weighted by molar-refractivity contribution is 6.02. The monoisotopic (exact) mass is 246 g/mol. The molecule has 17 heavy (non-hydrogen) atoms. The molecule has 0 radical (unpaired) electrons. The quantitative estimate of drug-likeness (QED) is 0.608. The molecule has 0 fully saturated rings. The van der Waals surface area contributed by atoms with Crippen molar-refractivity contribution in [2.45, 2.75) is 13.1 Å². The molecule has 0 unspecified atom stereocenters. The molecule has 0 aromatic heterocycles. The average Bonchev–Trinajstić information content (AvgIpc) is 2.25. The fraction of sp³-hybridized carbons (Fsp3) is 0.273. The van der Waals surface area contributed by atoms with E-state index in [2.05, 4.69) is 4.74 Å². The SMILES string of the molecule is COc1cc(C(C)=O)c(C=O)c(C(F)(F)F)c1. The summed E-state index contributed by atoms with van der Waals surface area (Å²) in [6, 6.07) is 1.80. The van der Waals surface area contributed by atoms with E-state index in [1.54, 1.807) is 0 Å². The number of rotatable bonds is 3. The lowest BCUT2D eigenvalue weighted by molar-refractivity contribution is -0.137. The largest absolute Gasteiger partial charge is 0.497 e. The molecule has 0 saturated carbocycles. The second-order valence-electron chi connectivity index (χ2n) is 3.31. The molecule has 1 aromatic rings. The van der Waals surface area contributed by atoms with E-state index in [9.17, 15) is 22.8 Å². The minimum Gasteiger partial charge on any atom is -0.497 e. The summed E-state index contributed by atoms with van der Waals surface area (Å²) in [5.74, 6) is -0.746. The Bertz CT molecular complexity index is 464. The number of aldehydes is 1. The van der Waals surface area contributed by atoms with Crippen LogP contribution in [0.1, 0.15) is 33.2 Å². The summed E-state index contributed by atoms with van der Waals surface area (Å²) < 4.78 is 42.7. The second-order valence-corrected chi connectivity index (χ2v) is 3.31. The van der Waals surface area contributed by atoms with Crippen molar-refractivity contribution >= 4 is 12.1 Å². The molecule has 1 aromatic carbocycles. The van der Waals surface area contributed by atoms with Crippen LogP contribution in [0, 0.1) is 0 Å². The molecule has 3 nitrogen and oxygen atoms in total. The summed E-state index contributed by atoms with van der Waals surface area (Å²) in [6.45, 7) is 1.09. The fourth-order valence-electron chi connectivity index (χ4n) is 1.40. The van der Waals surface area contributed by atoms with E-state index in [1.165, 1.54) is 7.11 Å². The van der Waals surface area contributed by atoms with Crippen molar-refractivity contribution in [1.82, 2.24) is 0 Å². The van der Waals surface area contributed by atoms with Gasteiger partial charge in [0.15, 0.2) is 12.1 Å². The maximum atomic E-state index is 12.7. The van der Waals surface area contributed by atoms with E-state index in [0.717, 1.165) is 13.0 Å². The van der Waals surface area contributed by atoms with Gasteiger partial charge in [-0.1, -0.05) is 0 Å². The number of Topliss-reactive ketones (excluding diaryl/α,β-unsaturated/α-hetero) is 1. The van der Waals surface area contributed by atoms with E-state index < -0.39 is 23.1 Å². The minimum atomic E-state index is -4.71. The molecule has 0 aliphatic heterocycles. The first kappa shape index (κ1) is 13.2. The number of carbonyl (C=O) groups excluding carboxylic acids is 2. The molecule has 0 spiro atoms. The molecule has 0 atom stereocenters. The van der Waals surface area contributed by atoms with E-state index in [0.29, 0.717) is 6.07 Å². The van der Waals surface area contributed by atoms with Gasteiger partial charge in [0.2, 0.25) is 0 Å². The second kappa shape index (κ2) is 4.57. The van der Waals surface area contributed by atoms with Gasteiger partial charge in [0.05, 0.1) is 12.7 Å². The summed E-state index contributed by atoms with van der Waals surface area (Å²) in [7, 11) is 1.18. The van der Waals surface area contributed by atoms with E-state index in [4.69, 9.17) is 0 Å². The Morgan fingerprint density at radius 2 is 1.94 bits per heavy atom. The number of ether oxygens (including phenoxy) is 1. The number of ketones is 1. The Kier molecular flexibility index (Phi) is 3.55. The number of alkyl halides is 3. The lowest BCUT2D eigenvalue weighted by Crippen LogP contribution is -2.13. The van der Waals surface area contributed by atoms with Crippen LogP contribution in [0.3, 0.4) is 0 Å². The molecule has 0 amide bonds. The first-order valence-corrected chi connectivity index (χ1v) is 4.56. The van der Waals surface area contributed by atoms with Crippen molar-refractivity contribution in [3.8, 4) is 5.75 Å². The zero-order valence-electron chi connectivity index (χ0n) is 9.09. The van der Waals surface area contributed by atoms with Crippen LogP contribution in [0.4, 0.5) is 13.2 Å². The van der Waals surface area contributed by atoms with Crippen molar-refractivity contribution in [3.63, 3.8) is 0 Å². The molecule has 0 aliphatic carbocycles. The third-order valence-electron chi connectivity index (χ3n) is 2.19. The van der Waals surface area contributed by atoms with Crippen LogP contribution >= 0.6 is 0 Å². The zero-order valence-corrected chi connectivity index (χ0v) is 9.09. The van der Waals surface area contributed by atoms with Gasteiger partial charge in [-0.15, -0.1) is 0 Å². The molecule has 0 aliphatic rings. The minimum absolute atomic E-state index is 0.0268. The number of carbonyl (C=O) groups is 2. The van der Waals surface area contributed by atoms with Crippen molar-refractivity contribution in [1.29, 1.82) is 0 Å². The first-order chi connectivity index (χ1) is 7.81. The summed E-state index contributed by atoms with van der Waals surface area (Å²) in [5.41, 5.74) is -2.13. The normalized spacial score (nSPS) is 11.1. The van der Waals surface area contributed by atoms with E-state index in [-0.39, 0.29) is 17.6 Å². The van der Waals surface area contributed by atoms with Crippen LogP contribution in [0.2, 0.25) is 0 Å². The Balaban J connectivity index is 3.62. The van der Waals surface area contributed by atoms with Gasteiger partial charge in [-0.05, 0) is 19.1 Å². The third-order valence-corrected chi connectivity index (χ3v) is 2.19. The van der Waals surface area contributed by atoms with Gasteiger partial charge >= 0.3 is 6.18 Å². The molecule has 0 bridgehead atoms. The fourth-order valence-corrected chi connectivity index (χ4v) is 1.40. The molecule has 0 heterocycles. The highest BCUT2D eigenvalue weighted by Gasteiger charge is 2.35. The standard InChI is InChI=1S/C11H9F3O3/c1-6(16)8-3-7(17-2)4-10(9(8)5-15)11(12,13)14/h3-5H,1-2H3. The predicted octanol–water partition coefficient (Wildman–Crippen LogP) is 2.73. The number of halogens is 3. The van der Waals surface area contributed by atoms with Crippen LogP contribution < -0.4 is 4.74 Å². The summed E-state index contributed by atoms with van der Waals surface area (Å²) in [6.07, 6.45) is -4.69. The highest BCUT2D eigenvalue weighted by Crippen LogP contribution is 2.35. The zero-order chi connectivity index (χ0) is 13.2. The molecule has 6 heteroatoms. The van der Waals surface area contributed by atoms with Gasteiger partial charge in [-0.3, -0.25) is 9.59 Å². The lowest BCUT2D eigenvalue weighted by atomic mass is 9.98. The number of methoxy groups -OCH3 is 1. The molecule has 0 N–H and O–H groups in total. The summed E-state index contributed by atoms with van der Waals surface area (Å²) >= 11 is 0. The topological polar surface area (TPSA) is 43.4 Å². The first-order valence-electron chi connectivity index (χ1n) is 4.56. The van der Waals surface area contributed by atoms with Gasteiger partial charge in [-0.25, -0.2) is 0 Å². The van der Waals surface area contributed by atoms with Gasteiger partial charge in [-0.2, -0.15) is 13.2 Å². The smallest absolute Gasteiger partial charge is 0.417 e. The highest BCUT2D eigenvalue weighted by atomic mass is 19.4. The Morgan fingerprint density at radius 3 is 2.29 bits per heavy atom. The van der Waals surface area contributed by atoms with Crippen LogP contribution in [0.5, 0.6) is 5.75 Å². The molecule has 92 valence electrons. The maximum Gasteiger partial charge on any atom is 0.417 e. The number of benzene rings is 1. The van der Waals surface area contributed by atoms with Crippen molar-refractivity contribution in [2.24, 2.45) is 0 Å². The van der Waals surface area contributed by atoms with Gasteiger partial charge in [0, 0.05) is 11.1 Å². The average molecular weight is 246 g/mol. The third kappa shape index (κ3) is 2.64. The van der Waals surface area contributed by atoms with Crippen LogP contribution in [0.25, 0.3) is 0 Å². The van der Waals surface area contributed by atoms with E-state index in [1.807, 2.05) is 0 Å². The van der Waals surface area contributed by atoms with Crippen molar-refractivity contribution in [3.05, 3.63) is 28.8 Å². The number of hydrogen-bond acceptors (Lipinski definition) is 3. The predicted molar refractivity (Wildman–Crippen MR) is 53.4 cm³/mol. The molecular formula is C11H9F3O3. The van der Waals surface area contributed by atoms with E-state index >= 15 is 0 Å². The molecule has 1 rings (SSSR count). The van der Waals surface area contributed by atoms with Crippen LogP contribution in [-0.4, -0.2) is 19.2 Å². The van der Waals surface area contributed by atoms with Gasteiger partial charge in [0.25, 0.3) is 0 Å². The molecule has 0 saturated heterocycles.